The number of rotatable bonds is 25. The Balaban J connectivity index is 0. The first-order valence-corrected chi connectivity index (χ1v) is 28.1. The van der Waals surface area contributed by atoms with E-state index < -0.39 is 60.6 Å². The van der Waals surface area contributed by atoms with Gasteiger partial charge in [-0.15, -0.1) is 0 Å². The van der Waals surface area contributed by atoms with Crippen molar-refractivity contribution >= 4 is 35.3 Å². The third-order valence-corrected chi connectivity index (χ3v) is 14.5. The molecule has 2 heterocycles. The number of aliphatic hydroxyl groups excluding tert-OH is 2. The Kier molecular flexibility index (Phi) is 38.0. The van der Waals surface area contributed by atoms with Gasteiger partial charge >= 0.3 is 29.5 Å². The van der Waals surface area contributed by atoms with Gasteiger partial charge < -0.3 is 59.0 Å². The van der Waals surface area contributed by atoms with Crippen LogP contribution >= 0.6 is 23.5 Å². The molecule has 25 heteroatoms. The standard InChI is InChI=1S/C18H28N3O15P3.4C6H15N/c22-15-13(11-33-38(28,29)36-39(30,31)35-37(25,26)27)34-17(16(15)23)21-9-8-14(19-18(21)24)20-32-10-4-7-12-5-2-1-3-6-12;4*1-4-7(5-2)6-3/h1-3,5-6,13,15-17,22-23H,4,7-11H2,(H,28,29)(H,30,31)(H,19,20,24)(H2,25,26,27);4*4-6H2,1-3H3/t13-,15-,16-,17-;;;;/m1..../s1. The number of ether oxygens (including phenoxy) is 1. The van der Waals surface area contributed by atoms with Crippen LogP contribution in [0.2, 0.25) is 0 Å². The Hall–Kier alpha value is -1.91. The van der Waals surface area contributed by atoms with Gasteiger partial charge in [0.1, 0.15) is 24.9 Å². The summed E-state index contributed by atoms with van der Waals surface area (Å²) in [5.41, 5.74) is 1.15. The smallest absolute Gasteiger partial charge is 0.394 e. The lowest BCUT2D eigenvalue weighted by molar-refractivity contribution is -0.0786. The van der Waals surface area contributed by atoms with Crippen LogP contribution in [0.4, 0.5) is 4.79 Å². The van der Waals surface area contributed by atoms with Gasteiger partial charge in [0.25, 0.3) is 0 Å². The van der Waals surface area contributed by atoms with E-state index in [0.29, 0.717) is 13.0 Å². The summed E-state index contributed by atoms with van der Waals surface area (Å²) < 4.78 is 50.9. The van der Waals surface area contributed by atoms with Crippen LogP contribution < -0.4 is 5.32 Å². The summed E-state index contributed by atoms with van der Waals surface area (Å²) in [5.74, 6) is 0.230. The van der Waals surface area contributed by atoms with E-state index in [9.17, 15) is 38.5 Å². The molecule has 0 bridgehead atoms. The lowest BCUT2D eigenvalue weighted by atomic mass is 10.1. The van der Waals surface area contributed by atoms with Crippen LogP contribution in [-0.4, -0.2) is 189 Å². The summed E-state index contributed by atoms with van der Waals surface area (Å²) >= 11 is 0. The minimum Gasteiger partial charge on any atom is -0.394 e. The number of urea groups is 1. The number of amides is 2. The molecule has 3 rings (SSSR count). The van der Waals surface area contributed by atoms with Crippen LogP contribution in [0.25, 0.3) is 0 Å². The fraction of sp³-hybridized carbons (Fsp3) is 0.810. The predicted octanol–water partition coefficient (Wildman–Crippen LogP) is 5.55. The number of carbonyl (C=O) groups excluding carboxylic acids is 1. The van der Waals surface area contributed by atoms with Crippen molar-refractivity contribution in [3.05, 3.63) is 35.9 Å². The second kappa shape index (κ2) is 37.9. The summed E-state index contributed by atoms with van der Waals surface area (Å²) in [5, 5.41) is 26.9. The molecule has 2 aliphatic heterocycles. The van der Waals surface area contributed by atoms with Gasteiger partial charge in [-0.2, -0.15) is 8.62 Å². The minimum atomic E-state index is -5.74. The maximum atomic E-state index is 12.5. The molecule has 0 spiro atoms. The molecule has 2 unspecified atom stereocenters. The number of nitrogens with zero attached hydrogens (tertiary/aromatic N) is 6. The number of hydrogen-bond acceptors (Lipinski definition) is 16. The highest BCUT2D eigenvalue weighted by molar-refractivity contribution is 7.66. The van der Waals surface area contributed by atoms with Crippen LogP contribution in [0.3, 0.4) is 0 Å². The minimum absolute atomic E-state index is 0.00488. The highest BCUT2D eigenvalue weighted by Crippen LogP contribution is 2.66. The largest absolute Gasteiger partial charge is 0.490 e. The molecule has 2 aliphatic rings. The highest BCUT2D eigenvalue weighted by Gasteiger charge is 2.49. The molecule has 67 heavy (non-hydrogen) atoms. The Morgan fingerprint density at radius 3 is 1.48 bits per heavy atom. The number of oxime groups is 1. The van der Waals surface area contributed by atoms with Crippen molar-refractivity contribution in [3.63, 3.8) is 0 Å². The lowest BCUT2D eigenvalue weighted by Crippen LogP contribution is -2.56. The Bertz CT molecular complexity index is 1500. The number of carbonyl (C=O) groups is 1. The zero-order valence-electron chi connectivity index (χ0n) is 42.3. The number of benzene rings is 1. The van der Waals surface area contributed by atoms with Crippen LogP contribution in [0.15, 0.2) is 35.5 Å². The Morgan fingerprint density at radius 2 is 1.10 bits per heavy atom. The quantitative estimate of drug-likeness (QED) is 0.0359. The average molecular weight is 1020 g/mol. The van der Waals surface area contributed by atoms with E-state index in [4.69, 9.17) is 19.4 Å². The monoisotopic (exact) mass is 1020 g/mol. The molecule has 1 aromatic rings. The molecular weight excluding hydrogens is 935 g/mol. The molecule has 6 atom stereocenters. The Labute approximate surface area is 401 Å². The van der Waals surface area contributed by atoms with Crippen molar-refractivity contribution in [1.82, 2.24) is 29.8 Å². The highest BCUT2D eigenvalue weighted by atomic mass is 31.3. The number of phosphoric acid groups is 3. The number of amidine groups is 1. The fourth-order valence-corrected chi connectivity index (χ4v) is 9.31. The summed E-state index contributed by atoms with van der Waals surface area (Å²) in [6, 6.07) is 9.03. The van der Waals surface area contributed by atoms with Crippen LogP contribution in [-0.2, 0) is 42.8 Å². The molecule has 2 fully saturated rings. The van der Waals surface area contributed by atoms with E-state index >= 15 is 0 Å². The van der Waals surface area contributed by atoms with Crippen LogP contribution in [0, 0.1) is 0 Å². The molecule has 0 saturated carbocycles. The van der Waals surface area contributed by atoms with Crippen molar-refractivity contribution < 1.29 is 71.0 Å². The van der Waals surface area contributed by atoms with Gasteiger partial charge in [0.05, 0.1) is 6.61 Å². The number of phosphoric ester groups is 1. The number of hydrogen-bond donors (Lipinski definition) is 7. The van der Waals surface area contributed by atoms with E-state index in [1.54, 1.807) is 0 Å². The van der Waals surface area contributed by atoms with Gasteiger partial charge in [-0.25, -0.2) is 18.5 Å². The van der Waals surface area contributed by atoms with Gasteiger partial charge in [-0.05, 0) is 96.9 Å². The zero-order valence-corrected chi connectivity index (χ0v) is 45.0. The maximum absolute atomic E-state index is 12.5. The van der Waals surface area contributed by atoms with Gasteiger partial charge in [-0.1, -0.05) is 119 Å². The molecule has 22 nitrogen and oxygen atoms in total. The molecule has 0 radical (unpaired) electrons. The first kappa shape index (κ1) is 67.2. The lowest BCUT2D eigenvalue weighted by Gasteiger charge is -2.33. The van der Waals surface area contributed by atoms with E-state index in [0.717, 1.165) is 16.9 Å². The topological polar surface area (TPSA) is 276 Å². The van der Waals surface area contributed by atoms with Crippen LogP contribution in [0.5, 0.6) is 0 Å². The van der Waals surface area contributed by atoms with Crippen molar-refractivity contribution in [2.75, 3.05) is 98.3 Å². The average Bonchev–Trinajstić information content (AvgIpc) is 3.57. The van der Waals surface area contributed by atoms with E-state index in [-0.39, 0.29) is 18.8 Å². The molecular formula is C42H88N7O15P3. The van der Waals surface area contributed by atoms with Crippen molar-refractivity contribution in [2.45, 2.75) is 127 Å². The zero-order chi connectivity index (χ0) is 51.6. The molecule has 1 aromatic carbocycles. The van der Waals surface area contributed by atoms with Crippen molar-refractivity contribution in [2.24, 2.45) is 5.16 Å². The molecule has 2 saturated heterocycles. The Morgan fingerprint density at radius 1 is 0.672 bits per heavy atom. The second-order valence-corrected chi connectivity index (χ2v) is 19.2. The van der Waals surface area contributed by atoms with Gasteiger partial charge in [0.2, 0.25) is 0 Å². The molecule has 7 N–H and O–H groups in total. The van der Waals surface area contributed by atoms with Crippen molar-refractivity contribution in [3.8, 4) is 0 Å². The summed E-state index contributed by atoms with van der Waals surface area (Å²) in [4.78, 5) is 64.1. The SMILES string of the molecule is CCN(CC)CC.CCN(CC)CC.CCN(CC)CC.CCN(CC)CC.O=C1N/C(=N/OCCCc2ccccc2)CCN1[C@@H]1O[C@H](COP(=O)(O)OP(=O)(O)OP(=O)(O)O)[C@@H](O)[C@H]1O. The van der Waals surface area contributed by atoms with Crippen LogP contribution in [0.1, 0.15) is 101 Å². The number of aliphatic hydroxyl groups is 2. The van der Waals surface area contributed by atoms with E-state index in [2.05, 4.69) is 126 Å². The first-order valence-electron chi connectivity index (χ1n) is 23.5. The number of aryl methyl sites for hydroxylation is 1. The fourth-order valence-electron chi connectivity index (χ4n) is 6.28. The van der Waals surface area contributed by atoms with Gasteiger partial charge in [0, 0.05) is 13.0 Å². The second-order valence-electron chi connectivity index (χ2n) is 14.7. The molecule has 0 aliphatic carbocycles. The summed E-state index contributed by atoms with van der Waals surface area (Å²) in [6.07, 6.45) is -4.69. The van der Waals surface area contributed by atoms with Gasteiger partial charge in [0.15, 0.2) is 12.1 Å². The predicted molar refractivity (Wildman–Crippen MR) is 262 cm³/mol. The summed E-state index contributed by atoms with van der Waals surface area (Å²) in [6.45, 7) is 39.8. The first-order chi connectivity index (χ1) is 31.5. The molecule has 2 amide bonds. The normalized spacial score (nSPS) is 20.7. The summed E-state index contributed by atoms with van der Waals surface area (Å²) in [7, 11) is -16.8. The molecule has 396 valence electrons. The third-order valence-electron chi connectivity index (χ3n) is 10.6. The van der Waals surface area contributed by atoms with Crippen molar-refractivity contribution in [1.29, 1.82) is 0 Å². The van der Waals surface area contributed by atoms with E-state index in [1.807, 2.05) is 30.3 Å². The maximum Gasteiger partial charge on any atom is 0.490 e. The number of nitrogens with one attached hydrogen (secondary N) is 1. The third kappa shape index (κ3) is 31.1. The van der Waals surface area contributed by atoms with E-state index in [1.165, 1.54) is 78.5 Å². The van der Waals surface area contributed by atoms with Gasteiger partial charge in [-0.3, -0.25) is 14.7 Å². The molecule has 0 aromatic heterocycles.